The molecule has 0 bridgehead atoms. The first-order chi connectivity index (χ1) is 3.39. The third kappa shape index (κ3) is 1.56. The van der Waals surface area contributed by atoms with Crippen molar-refractivity contribution in [3.05, 3.63) is 30.3 Å². The molecule has 0 nitrogen and oxygen atoms in total. The molecule has 0 aliphatic carbocycles. The number of hydrogen-bond donors (Lipinski definition) is 0. The molecule has 7 heavy (non-hydrogen) atoms. The van der Waals surface area contributed by atoms with Crippen LogP contribution >= 0.6 is 0 Å². The van der Waals surface area contributed by atoms with Gasteiger partial charge < -0.3 is 0 Å². The van der Waals surface area contributed by atoms with Gasteiger partial charge in [-0.25, -0.2) is 0 Å². The average molecular weight is 286 g/mol. The van der Waals surface area contributed by atoms with Crippen LogP contribution in [-0.2, 0) is 0 Å². The zero-order valence-corrected chi connectivity index (χ0v) is 7.31. The maximum atomic E-state index is 2.13. The molecule has 0 unspecified atom stereocenters. The van der Waals surface area contributed by atoms with Crippen molar-refractivity contribution in [3.63, 3.8) is 0 Å². The van der Waals surface area contributed by atoms with Crippen LogP contribution < -0.4 is 3.27 Å². The molecule has 0 atom stereocenters. The van der Waals surface area contributed by atoms with E-state index >= 15 is 0 Å². The van der Waals surface area contributed by atoms with Crippen LogP contribution in [-0.4, -0.2) is 24.7 Å². The second-order valence-corrected chi connectivity index (χ2v) is 3.34. The van der Waals surface area contributed by atoms with Crippen LogP contribution in [0.15, 0.2) is 30.3 Å². The Kier molecular flexibility index (Phi) is 1.81. The standard InChI is InChI=1S/C6H5.Bi/c1-2-4-6-5-3-1;/h1-5H;. The van der Waals surface area contributed by atoms with Gasteiger partial charge in [0.15, 0.2) is 0 Å². The molecule has 1 aromatic carbocycles. The molecular formula is C6H5Bi. The van der Waals surface area contributed by atoms with E-state index in [1.165, 1.54) is 28.0 Å². The van der Waals surface area contributed by atoms with Crippen molar-refractivity contribution in [1.82, 2.24) is 0 Å². The van der Waals surface area contributed by atoms with Crippen LogP contribution in [0.2, 0.25) is 0 Å². The topological polar surface area (TPSA) is 0 Å². The van der Waals surface area contributed by atoms with Gasteiger partial charge in [-0.15, -0.1) is 0 Å². The number of hydrogen-bond acceptors (Lipinski definition) is 0. The quantitative estimate of drug-likeness (QED) is 0.609. The van der Waals surface area contributed by atoms with Crippen molar-refractivity contribution in [2.24, 2.45) is 0 Å². The Labute approximate surface area is 58.4 Å². The first-order valence-electron chi connectivity index (χ1n) is 2.13. The SMILES string of the molecule is [Bi][c]1ccccc1. The van der Waals surface area contributed by atoms with Gasteiger partial charge in [0.1, 0.15) is 0 Å². The van der Waals surface area contributed by atoms with Crippen molar-refractivity contribution in [3.8, 4) is 0 Å². The van der Waals surface area contributed by atoms with E-state index in [1.807, 2.05) is 6.07 Å². The van der Waals surface area contributed by atoms with Gasteiger partial charge in [-0.3, -0.25) is 0 Å². The molecule has 0 heterocycles. The molecule has 0 spiro atoms. The van der Waals surface area contributed by atoms with Gasteiger partial charge in [-0.05, 0) is 0 Å². The van der Waals surface area contributed by atoms with Gasteiger partial charge in [0.25, 0.3) is 0 Å². The second kappa shape index (κ2) is 2.42. The normalized spacial score (nSPS) is 8.71. The minimum atomic E-state index is 1.36. The second-order valence-electron chi connectivity index (χ2n) is 1.34. The molecule has 1 heteroatoms. The fourth-order valence-corrected chi connectivity index (χ4v) is 1.10. The summed E-state index contributed by atoms with van der Waals surface area (Å²) in [6, 6.07) is 10.4. The summed E-state index contributed by atoms with van der Waals surface area (Å²) in [5.41, 5.74) is 0. The first kappa shape index (κ1) is 5.24. The summed E-state index contributed by atoms with van der Waals surface area (Å²) in [6.45, 7) is 0. The molecule has 0 aromatic heterocycles. The van der Waals surface area contributed by atoms with E-state index < -0.39 is 0 Å². The summed E-state index contributed by atoms with van der Waals surface area (Å²) in [7, 11) is 0. The molecule has 0 amide bonds. The molecule has 1 aromatic rings. The summed E-state index contributed by atoms with van der Waals surface area (Å²) in [5, 5.41) is 0. The van der Waals surface area contributed by atoms with Crippen LogP contribution in [0, 0.1) is 0 Å². The van der Waals surface area contributed by atoms with E-state index in [2.05, 4.69) is 24.3 Å². The van der Waals surface area contributed by atoms with Crippen LogP contribution in [0.1, 0.15) is 0 Å². The van der Waals surface area contributed by atoms with Crippen LogP contribution in [0.5, 0.6) is 0 Å². The molecule has 0 aliphatic rings. The Morgan fingerprint density at radius 2 is 1.57 bits per heavy atom. The van der Waals surface area contributed by atoms with Gasteiger partial charge in [0.2, 0.25) is 0 Å². The molecule has 34 valence electrons. The number of rotatable bonds is 0. The van der Waals surface area contributed by atoms with Crippen LogP contribution in [0.3, 0.4) is 0 Å². The van der Waals surface area contributed by atoms with Crippen LogP contribution in [0.4, 0.5) is 0 Å². The Bertz CT molecular complexity index is 134. The summed E-state index contributed by atoms with van der Waals surface area (Å²) >= 11 is 1.36. The Morgan fingerprint density at radius 3 is 1.86 bits per heavy atom. The van der Waals surface area contributed by atoms with Gasteiger partial charge >= 0.3 is 58.3 Å². The van der Waals surface area contributed by atoms with Crippen molar-refractivity contribution < 1.29 is 0 Å². The van der Waals surface area contributed by atoms with Crippen molar-refractivity contribution in [2.45, 2.75) is 0 Å². The summed E-state index contributed by atoms with van der Waals surface area (Å²) in [6.07, 6.45) is 0. The van der Waals surface area contributed by atoms with Gasteiger partial charge in [-0.1, -0.05) is 0 Å². The number of benzene rings is 1. The molecule has 0 saturated carbocycles. The van der Waals surface area contributed by atoms with Crippen molar-refractivity contribution in [1.29, 1.82) is 0 Å². The van der Waals surface area contributed by atoms with Crippen LogP contribution in [0.25, 0.3) is 0 Å². The zero-order chi connectivity index (χ0) is 5.11. The summed E-state index contributed by atoms with van der Waals surface area (Å²) in [5.74, 6) is 0. The Morgan fingerprint density at radius 1 is 1.00 bits per heavy atom. The summed E-state index contributed by atoms with van der Waals surface area (Å²) in [4.78, 5) is 0. The van der Waals surface area contributed by atoms with E-state index in [9.17, 15) is 0 Å². The fourth-order valence-electron chi connectivity index (χ4n) is 0.428. The zero-order valence-electron chi connectivity index (χ0n) is 3.83. The van der Waals surface area contributed by atoms with Crippen molar-refractivity contribution >= 4 is 28.0 Å². The first-order valence-corrected chi connectivity index (χ1v) is 3.87. The predicted molar refractivity (Wildman–Crippen MR) is 31.8 cm³/mol. The van der Waals surface area contributed by atoms with Gasteiger partial charge in [0.05, 0.1) is 0 Å². The molecule has 2 radical (unpaired) electrons. The molecule has 0 aliphatic heterocycles. The molecule has 0 saturated heterocycles. The molecular weight excluding hydrogens is 281 g/mol. The van der Waals surface area contributed by atoms with E-state index in [1.54, 1.807) is 0 Å². The predicted octanol–water partition coefficient (Wildman–Crippen LogP) is 0.480. The van der Waals surface area contributed by atoms with E-state index in [4.69, 9.17) is 0 Å². The fraction of sp³-hybridized carbons (Fsp3) is 0. The van der Waals surface area contributed by atoms with Gasteiger partial charge in [-0.2, -0.15) is 0 Å². The van der Waals surface area contributed by atoms with E-state index in [0.717, 1.165) is 0 Å². The summed E-state index contributed by atoms with van der Waals surface area (Å²) < 4.78 is 1.43. The third-order valence-corrected chi connectivity index (χ3v) is 1.92. The monoisotopic (exact) mass is 286 g/mol. The van der Waals surface area contributed by atoms with E-state index in [0.29, 0.717) is 0 Å². The molecule has 1 rings (SSSR count). The Hall–Kier alpha value is 0.103. The minimum absolute atomic E-state index is 1.36. The third-order valence-electron chi connectivity index (χ3n) is 0.756. The molecule has 0 fully saturated rings. The van der Waals surface area contributed by atoms with Gasteiger partial charge in [0, 0.05) is 0 Å². The Balaban J connectivity index is 3.02. The van der Waals surface area contributed by atoms with E-state index in [-0.39, 0.29) is 0 Å². The molecule has 0 N–H and O–H groups in total. The average Bonchev–Trinajstić information content (AvgIpc) is 1.69. The maximum absolute atomic E-state index is 2.13. The van der Waals surface area contributed by atoms with Crippen molar-refractivity contribution in [2.75, 3.05) is 0 Å².